The van der Waals surface area contributed by atoms with Gasteiger partial charge in [0, 0.05) is 13.1 Å². The second-order valence-electron chi connectivity index (χ2n) is 6.57. The number of anilines is 1. The molecular weight excluding hydrogens is 354 g/mol. The third kappa shape index (κ3) is 5.22. The molecule has 0 atom stereocenters. The van der Waals surface area contributed by atoms with E-state index < -0.39 is 0 Å². The first-order valence-corrected chi connectivity index (χ1v) is 9.63. The van der Waals surface area contributed by atoms with Gasteiger partial charge in [-0.05, 0) is 54.0 Å². The molecular formula is C21H27N5O2. The zero-order valence-electron chi connectivity index (χ0n) is 16.7. The van der Waals surface area contributed by atoms with Crippen molar-refractivity contribution in [2.24, 2.45) is 0 Å². The lowest BCUT2D eigenvalue weighted by Gasteiger charge is -2.14. The first-order valence-electron chi connectivity index (χ1n) is 9.63. The van der Waals surface area contributed by atoms with Gasteiger partial charge in [-0.1, -0.05) is 47.9 Å². The molecule has 0 aliphatic rings. The fourth-order valence-corrected chi connectivity index (χ4v) is 2.89. The summed E-state index contributed by atoms with van der Waals surface area (Å²) in [5.41, 5.74) is 3.42. The van der Waals surface area contributed by atoms with Gasteiger partial charge < -0.3 is 14.8 Å². The van der Waals surface area contributed by atoms with Gasteiger partial charge in [-0.2, -0.15) is 0 Å². The molecule has 3 aromatic rings. The second kappa shape index (κ2) is 9.73. The van der Waals surface area contributed by atoms with Crippen molar-refractivity contribution >= 4 is 5.95 Å². The van der Waals surface area contributed by atoms with Crippen molar-refractivity contribution in [3.8, 4) is 11.5 Å². The fraction of sp³-hybridized carbons (Fsp3) is 0.381. The van der Waals surface area contributed by atoms with E-state index in [0.29, 0.717) is 25.7 Å². The summed E-state index contributed by atoms with van der Waals surface area (Å²) in [6, 6.07) is 14.3. The van der Waals surface area contributed by atoms with Gasteiger partial charge in [-0.25, -0.2) is 4.68 Å². The molecule has 148 valence electrons. The minimum absolute atomic E-state index is 0.505. The Morgan fingerprint density at radius 2 is 1.89 bits per heavy atom. The normalized spacial score (nSPS) is 10.7. The first-order chi connectivity index (χ1) is 13.7. The van der Waals surface area contributed by atoms with Crippen molar-refractivity contribution < 1.29 is 9.47 Å². The van der Waals surface area contributed by atoms with Crippen LogP contribution in [0, 0.1) is 6.92 Å². The molecule has 7 heteroatoms. The number of benzene rings is 2. The maximum atomic E-state index is 6.01. The molecule has 3 rings (SSSR count). The van der Waals surface area contributed by atoms with Crippen LogP contribution in [-0.4, -0.2) is 26.8 Å². The topological polar surface area (TPSA) is 74.1 Å². The number of nitrogens with one attached hydrogen (secondary N) is 1. The Hall–Kier alpha value is -3.09. The molecule has 2 aromatic carbocycles. The van der Waals surface area contributed by atoms with Crippen LogP contribution in [0.4, 0.5) is 5.95 Å². The molecule has 0 radical (unpaired) electrons. The van der Waals surface area contributed by atoms with Crippen LogP contribution < -0.4 is 14.8 Å². The maximum absolute atomic E-state index is 6.01. The number of aromatic nitrogens is 4. The molecule has 0 fully saturated rings. The van der Waals surface area contributed by atoms with Crippen molar-refractivity contribution in [2.75, 3.05) is 11.9 Å². The number of nitrogens with zero attached hydrogens (tertiary/aromatic N) is 4. The minimum atomic E-state index is 0.505. The minimum Gasteiger partial charge on any atom is -0.490 e. The van der Waals surface area contributed by atoms with Crippen molar-refractivity contribution in [1.82, 2.24) is 20.2 Å². The van der Waals surface area contributed by atoms with Crippen LogP contribution in [0.2, 0.25) is 0 Å². The van der Waals surface area contributed by atoms with E-state index in [1.807, 2.05) is 31.2 Å². The third-order valence-corrected chi connectivity index (χ3v) is 4.20. The molecule has 0 saturated carbocycles. The Morgan fingerprint density at radius 1 is 1.00 bits per heavy atom. The van der Waals surface area contributed by atoms with E-state index in [4.69, 9.17) is 9.47 Å². The van der Waals surface area contributed by atoms with Crippen LogP contribution in [0.25, 0.3) is 0 Å². The van der Waals surface area contributed by atoms with E-state index in [2.05, 4.69) is 52.9 Å². The highest BCUT2D eigenvalue weighted by molar-refractivity contribution is 5.44. The smallest absolute Gasteiger partial charge is 0.243 e. The number of aryl methyl sites for hydroxylation is 2. The Bertz CT molecular complexity index is 894. The molecule has 0 aliphatic carbocycles. The average Bonchev–Trinajstić information content (AvgIpc) is 3.13. The van der Waals surface area contributed by atoms with Gasteiger partial charge in [0.2, 0.25) is 5.95 Å². The van der Waals surface area contributed by atoms with Crippen molar-refractivity contribution in [1.29, 1.82) is 0 Å². The van der Waals surface area contributed by atoms with E-state index in [-0.39, 0.29) is 0 Å². The Morgan fingerprint density at radius 3 is 2.68 bits per heavy atom. The van der Waals surface area contributed by atoms with E-state index in [9.17, 15) is 0 Å². The van der Waals surface area contributed by atoms with Gasteiger partial charge in [-0.15, -0.1) is 0 Å². The molecule has 28 heavy (non-hydrogen) atoms. The molecule has 0 amide bonds. The summed E-state index contributed by atoms with van der Waals surface area (Å²) < 4.78 is 13.6. The standard InChI is InChI=1S/C21H27N5O2/c1-4-11-26-21(23-24-25-26)22-14-17-9-10-19(20(13-17)27-5-2)28-15-18-8-6-7-16(3)12-18/h6-10,12-13H,4-5,11,14-15H2,1-3H3,(H,22,23,25). The highest BCUT2D eigenvalue weighted by Crippen LogP contribution is 2.29. The van der Waals surface area contributed by atoms with Gasteiger partial charge in [0.1, 0.15) is 6.61 Å². The molecule has 7 nitrogen and oxygen atoms in total. The predicted molar refractivity (Wildman–Crippen MR) is 109 cm³/mol. The summed E-state index contributed by atoms with van der Waals surface area (Å²) in [6.07, 6.45) is 0.973. The van der Waals surface area contributed by atoms with Crippen molar-refractivity contribution in [2.45, 2.75) is 46.9 Å². The highest BCUT2D eigenvalue weighted by atomic mass is 16.5. The summed E-state index contributed by atoms with van der Waals surface area (Å²) in [5, 5.41) is 15.0. The van der Waals surface area contributed by atoms with E-state index >= 15 is 0 Å². The molecule has 0 bridgehead atoms. The highest BCUT2D eigenvalue weighted by Gasteiger charge is 2.09. The Labute approximate surface area is 165 Å². The molecule has 0 spiro atoms. The van der Waals surface area contributed by atoms with Gasteiger partial charge in [0.15, 0.2) is 11.5 Å². The van der Waals surface area contributed by atoms with Crippen LogP contribution in [0.3, 0.4) is 0 Å². The molecule has 0 unspecified atom stereocenters. The molecule has 1 aromatic heterocycles. The summed E-state index contributed by atoms with van der Waals surface area (Å²) in [6.45, 7) is 8.60. The third-order valence-electron chi connectivity index (χ3n) is 4.20. The largest absolute Gasteiger partial charge is 0.490 e. The van der Waals surface area contributed by atoms with Crippen LogP contribution in [-0.2, 0) is 19.7 Å². The lowest BCUT2D eigenvalue weighted by atomic mass is 10.1. The molecule has 1 heterocycles. The summed E-state index contributed by atoms with van der Waals surface area (Å²) in [4.78, 5) is 0. The number of ether oxygens (including phenoxy) is 2. The zero-order valence-corrected chi connectivity index (χ0v) is 16.7. The monoisotopic (exact) mass is 381 g/mol. The number of tetrazole rings is 1. The number of hydrogen-bond donors (Lipinski definition) is 1. The lowest BCUT2D eigenvalue weighted by molar-refractivity contribution is 0.269. The lowest BCUT2D eigenvalue weighted by Crippen LogP contribution is -2.09. The molecule has 0 saturated heterocycles. The Balaban J connectivity index is 1.67. The summed E-state index contributed by atoms with van der Waals surface area (Å²) in [7, 11) is 0. The summed E-state index contributed by atoms with van der Waals surface area (Å²) in [5.74, 6) is 2.14. The Kier molecular flexibility index (Phi) is 6.84. The van der Waals surface area contributed by atoms with E-state index in [0.717, 1.165) is 35.6 Å². The SMILES string of the molecule is CCCn1nnnc1NCc1ccc(OCc2cccc(C)c2)c(OCC)c1. The van der Waals surface area contributed by atoms with Crippen molar-refractivity contribution in [3.05, 3.63) is 59.2 Å². The van der Waals surface area contributed by atoms with Crippen molar-refractivity contribution in [3.63, 3.8) is 0 Å². The zero-order chi connectivity index (χ0) is 19.8. The molecule has 0 aliphatic heterocycles. The van der Waals surface area contributed by atoms with E-state index in [1.54, 1.807) is 4.68 Å². The van der Waals surface area contributed by atoms with Crippen LogP contribution in [0.1, 0.15) is 37.0 Å². The second-order valence-corrected chi connectivity index (χ2v) is 6.57. The summed E-state index contributed by atoms with van der Waals surface area (Å²) >= 11 is 0. The quantitative estimate of drug-likeness (QED) is 0.573. The first kappa shape index (κ1) is 19.7. The van der Waals surface area contributed by atoms with Gasteiger partial charge in [0.25, 0.3) is 0 Å². The number of hydrogen-bond acceptors (Lipinski definition) is 6. The molecule has 1 N–H and O–H groups in total. The average molecular weight is 381 g/mol. The van der Waals surface area contributed by atoms with E-state index in [1.165, 1.54) is 5.56 Å². The van der Waals surface area contributed by atoms with Gasteiger partial charge in [0.05, 0.1) is 6.61 Å². The van der Waals surface area contributed by atoms with Crippen LogP contribution in [0.5, 0.6) is 11.5 Å². The maximum Gasteiger partial charge on any atom is 0.243 e. The van der Waals surface area contributed by atoms with Gasteiger partial charge in [-0.3, -0.25) is 0 Å². The predicted octanol–water partition coefficient (Wildman–Crippen LogP) is 3.98. The van der Waals surface area contributed by atoms with Crippen LogP contribution in [0.15, 0.2) is 42.5 Å². The van der Waals surface area contributed by atoms with Gasteiger partial charge >= 0.3 is 0 Å². The fourth-order valence-electron chi connectivity index (χ4n) is 2.89. The van der Waals surface area contributed by atoms with Crippen LogP contribution >= 0.6 is 0 Å². The number of rotatable bonds is 10.